The predicted molar refractivity (Wildman–Crippen MR) is 89.4 cm³/mol. The van der Waals surface area contributed by atoms with E-state index in [9.17, 15) is 4.79 Å². The van der Waals surface area contributed by atoms with E-state index in [4.69, 9.17) is 0 Å². The molecule has 1 amide bonds. The second-order valence-electron chi connectivity index (χ2n) is 6.75. The Balaban J connectivity index is 1.48. The van der Waals surface area contributed by atoms with Crippen LogP contribution in [0.4, 0.5) is 0 Å². The van der Waals surface area contributed by atoms with E-state index < -0.39 is 0 Å². The Morgan fingerprint density at radius 1 is 1.24 bits per heavy atom. The molecule has 2 saturated carbocycles. The quantitative estimate of drug-likeness (QED) is 0.774. The molecule has 4 atom stereocenters. The average molecular weight is 350 g/mol. The zero-order valence-corrected chi connectivity index (χ0v) is 14.0. The zero-order chi connectivity index (χ0) is 14.7. The van der Waals surface area contributed by atoms with Gasteiger partial charge in [0, 0.05) is 17.8 Å². The van der Waals surface area contributed by atoms with E-state index in [1.165, 1.54) is 31.2 Å². The van der Waals surface area contributed by atoms with Crippen molar-refractivity contribution in [3.05, 3.63) is 35.9 Å². The van der Waals surface area contributed by atoms with E-state index in [0.29, 0.717) is 5.92 Å². The molecule has 1 aromatic rings. The minimum Gasteiger partial charge on any atom is -0.352 e. The monoisotopic (exact) mass is 349 g/mol. The van der Waals surface area contributed by atoms with Gasteiger partial charge in [0.05, 0.1) is 0 Å². The number of carbonyl (C=O) groups excluding carboxylic acids is 1. The van der Waals surface area contributed by atoms with Gasteiger partial charge >= 0.3 is 0 Å². The average Bonchev–Trinajstić information content (AvgIpc) is 3.10. The summed E-state index contributed by atoms with van der Waals surface area (Å²) < 4.78 is 0. The second-order valence-corrected chi connectivity index (χ2v) is 7.40. The molecule has 0 spiro atoms. The molecule has 0 aromatic heterocycles. The summed E-state index contributed by atoms with van der Waals surface area (Å²) in [5.41, 5.74) is 1.28. The van der Waals surface area contributed by atoms with Crippen molar-refractivity contribution in [3.63, 3.8) is 0 Å². The number of carbonyl (C=O) groups is 1. The first kappa shape index (κ1) is 15.1. The summed E-state index contributed by atoms with van der Waals surface area (Å²) in [7, 11) is 0. The number of amides is 1. The lowest BCUT2D eigenvalue weighted by Crippen LogP contribution is -2.38. The van der Waals surface area contributed by atoms with Crippen LogP contribution in [0.1, 0.15) is 37.7 Å². The molecule has 2 nitrogen and oxygen atoms in total. The van der Waals surface area contributed by atoms with Crippen molar-refractivity contribution in [1.29, 1.82) is 0 Å². The maximum absolute atomic E-state index is 12.3. The van der Waals surface area contributed by atoms with E-state index in [-0.39, 0.29) is 11.9 Å². The van der Waals surface area contributed by atoms with Crippen LogP contribution in [0.15, 0.2) is 30.3 Å². The van der Waals surface area contributed by atoms with Crippen molar-refractivity contribution in [2.75, 3.05) is 5.33 Å². The Morgan fingerprint density at radius 3 is 2.67 bits per heavy atom. The van der Waals surface area contributed by atoms with Crippen molar-refractivity contribution in [2.24, 2.45) is 17.8 Å². The van der Waals surface area contributed by atoms with Crippen LogP contribution in [0.2, 0.25) is 0 Å². The zero-order valence-electron chi connectivity index (χ0n) is 12.4. The first-order valence-corrected chi connectivity index (χ1v) is 9.26. The normalized spacial score (nSPS) is 28.5. The third kappa shape index (κ3) is 3.88. The number of rotatable bonds is 6. The van der Waals surface area contributed by atoms with Gasteiger partial charge in [0.15, 0.2) is 0 Å². The van der Waals surface area contributed by atoms with Crippen LogP contribution in [0.3, 0.4) is 0 Å². The number of halogens is 1. The maximum Gasteiger partial charge on any atom is 0.220 e. The number of alkyl halides is 1. The highest BCUT2D eigenvalue weighted by Crippen LogP contribution is 2.49. The Morgan fingerprint density at radius 2 is 2.05 bits per heavy atom. The Bertz CT molecular complexity index is 475. The SMILES string of the molecule is O=C(CC1CC2CCC1C2)NC(CBr)Cc1ccccc1. The molecule has 3 heteroatoms. The number of nitrogens with one attached hydrogen (secondary N) is 1. The summed E-state index contributed by atoms with van der Waals surface area (Å²) in [6, 6.07) is 10.6. The lowest BCUT2D eigenvalue weighted by atomic mass is 9.86. The third-order valence-corrected chi connectivity index (χ3v) is 5.99. The van der Waals surface area contributed by atoms with E-state index in [1.807, 2.05) is 6.07 Å². The molecule has 4 unspecified atom stereocenters. The summed E-state index contributed by atoms with van der Waals surface area (Å²) in [5, 5.41) is 4.03. The second kappa shape index (κ2) is 6.95. The number of hydrogen-bond acceptors (Lipinski definition) is 1. The van der Waals surface area contributed by atoms with Crippen LogP contribution in [0.5, 0.6) is 0 Å². The predicted octanol–water partition coefficient (Wildman–Crippen LogP) is 3.94. The standard InChI is InChI=1S/C18H24BrNO/c19-12-17(10-13-4-2-1-3-5-13)20-18(21)11-16-9-14-6-7-15(16)8-14/h1-5,14-17H,6-12H2,(H,20,21). The van der Waals surface area contributed by atoms with Crippen molar-refractivity contribution in [2.45, 2.75) is 44.6 Å². The smallest absolute Gasteiger partial charge is 0.220 e. The molecule has 3 rings (SSSR count). The summed E-state index contributed by atoms with van der Waals surface area (Å²) >= 11 is 3.53. The maximum atomic E-state index is 12.3. The number of fused-ring (bicyclic) bond motifs is 2. The molecule has 1 aromatic carbocycles. The Hall–Kier alpha value is -0.830. The summed E-state index contributed by atoms with van der Waals surface area (Å²) in [6.07, 6.45) is 7.06. The van der Waals surface area contributed by atoms with Crippen molar-refractivity contribution >= 4 is 21.8 Å². The van der Waals surface area contributed by atoms with E-state index in [1.54, 1.807) is 0 Å². The third-order valence-electron chi connectivity index (χ3n) is 5.21. The molecule has 0 saturated heterocycles. The molecule has 0 radical (unpaired) electrons. The molecule has 2 fully saturated rings. The Labute approximate surface area is 135 Å². The number of hydrogen-bond donors (Lipinski definition) is 1. The van der Waals surface area contributed by atoms with Gasteiger partial charge in [-0.1, -0.05) is 52.7 Å². The molecule has 0 aliphatic heterocycles. The first-order chi connectivity index (χ1) is 10.2. The van der Waals surface area contributed by atoms with Gasteiger partial charge in [0.1, 0.15) is 0 Å². The van der Waals surface area contributed by atoms with Gasteiger partial charge in [-0.2, -0.15) is 0 Å². The van der Waals surface area contributed by atoms with Gasteiger partial charge in [0.25, 0.3) is 0 Å². The fourth-order valence-electron chi connectivity index (χ4n) is 4.19. The minimum absolute atomic E-state index is 0.193. The highest BCUT2D eigenvalue weighted by Gasteiger charge is 2.40. The van der Waals surface area contributed by atoms with Crippen molar-refractivity contribution in [1.82, 2.24) is 5.32 Å². The molecule has 114 valence electrons. The lowest BCUT2D eigenvalue weighted by molar-refractivity contribution is -0.122. The number of benzene rings is 1. The summed E-state index contributed by atoms with van der Waals surface area (Å²) in [4.78, 5) is 12.3. The van der Waals surface area contributed by atoms with Crippen molar-refractivity contribution in [3.8, 4) is 0 Å². The van der Waals surface area contributed by atoms with Gasteiger partial charge in [-0.25, -0.2) is 0 Å². The summed E-state index contributed by atoms with van der Waals surface area (Å²) in [6.45, 7) is 0. The van der Waals surface area contributed by atoms with Crippen LogP contribution in [-0.4, -0.2) is 17.3 Å². The minimum atomic E-state index is 0.193. The van der Waals surface area contributed by atoms with Crippen LogP contribution >= 0.6 is 15.9 Å². The molecule has 2 aliphatic rings. The van der Waals surface area contributed by atoms with Gasteiger partial charge in [0.2, 0.25) is 5.91 Å². The fourth-order valence-corrected chi connectivity index (χ4v) is 4.58. The van der Waals surface area contributed by atoms with Gasteiger partial charge in [-0.15, -0.1) is 0 Å². The highest BCUT2D eigenvalue weighted by molar-refractivity contribution is 9.09. The van der Waals surface area contributed by atoms with Gasteiger partial charge < -0.3 is 5.32 Å². The largest absolute Gasteiger partial charge is 0.352 e. The first-order valence-electron chi connectivity index (χ1n) is 8.14. The molecule has 0 heterocycles. The van der Waals surface area contributed by atoms with Gasteiger partial charge in [-0.3, -0.25) is 4.79 Å². The topological polar surface area (TPSA) is 29.1 Å². The highest BCUT2D eigenvalue weighted by atomic mass is 79.9. The van der Waals surface area contributed by atoms with Crippen molar-refractivity contribution < 1.29 is 4.79 Å². The summed E-state index contributed by atoms with van der Waals surface area (Å²) in [5.74, 6) is 2.64. The van der Waals surface area contributed by atoms with Crippen LogP contribution in [-0.2, 0) is 11.2 Å². The van der Waals surface area contributed by atoms with Crippen LogP contribution in [0, 0.1) is 17.8 Å². The molecule has 2 aliphatic carbocycles. The Kier molecular flexibility index (Phi) is 4.99. The fraction of sp³-hybridized carbons (Fsp3) is 0.611. The van der Waals surface area contributed by atoms with Crippen LogP contribution in [0.25, 0.3) is 0 Å². The molecule has 1 N–H and O–H groups in total. The molecular weight excluding hydrogens is 326 g/mol. The molecular formula is C18H24BrNO. The lowest BCUT2D eigenvalue weighted by Gasteiger charge is -2.23. The molecule has 2 bridgehead atoms. The van der Waals surface area contributed by atoms with E-state index >= 15 is 0 Å². The van der Waals surface area contributed by atoms with Crippen LogP contribution < -0.4 is 5.32 Å². The van der Waals surface area contributed by atoms with E-state index in [0.717, 1.165) is 30.0 Å². The molecule has 21 heavy (non-hydrogen) atoms. The van der Waals surface area contributed by atoms with Gasteiger partial charge in [-0.05, 0) is 49.0 Å². The van der Waals surface area contributed by atoms with E-state index in [2.05, 4.69) is 45.5 Å².